The maximum Gasteiger partial charge on any atom is 0.332 e. The molecular formula is C15H21ClN4O5. The maximum atomic E-state index is 11.2. The van der Waals surface area contributed by atoms with Crippen LogP contribution in [0, 0.1) is 15.5 Å². The lowest BCUT2D eigenvalue weighted by Crippen LogP contribution is -2.50. The maximum absolute atomic E-state index is 11.2. The van der Waals surface area contributed by atoms with E-state index >= 15 is 0 Å². The molecule has 1 aromatic heterocycles. The third kappa shape index (κ3) is 4.29. The fraction of sp³-hybridized carbons (Fsp3) is 0.600. The van der Waals surface area contributed by atoms with Crippen molar-refractivity contribution in [3.05, 3.63) is 21.2 Å². The van der Waals surface area contributed by atoms with Gasteiger partial charge in [0.1, 0.15) is 0 Å². The van der Waals surface area contributed by atoms with Crippen LogP contribution in [-0.2, 0) is 4.79 Å². The van der Waals surface area contributed by atoms with Gasteiger partial charge in [-0.1, -0.05) is 11.6 Å². The van der Waals surface area contributed by atoms with Crippen LogP contribution in [0.15, 0.2) is 6.07 Å². The standard InChI is InChI=1S/C15H21ClN4O5/c1-15(2,14(21)22)9-18-4-6-19(7-5-18)12-10(16)8-11(20(23)24)13(17-12)25-3/h8H,4-7,9H2,1-3H3,(H,21,22). The number of aliphatic carboxylic acids is 1. The first-order valence-corrected chi connectivity index (χ1v) is 8.13. The van der Waals surface area contributed by atoms with E-state index in [9.17, 15) is 20.0 Å². The number of piperazine rings is 1. The number of nitrogens with zero attached hydrogens (tertiary/aromatic N) is 4. The molecule has 1 aromatic rings. The highest BCUT2D eigenvalue weighted by molar-refractivity contribution is 6.33. The Bertz CT molecular complexity index is 674. The highest BCUT2D eigenvalue weighted by Crippen LogP contribution is 2.34. The lowest BCUT2D eigenvalue weighted by atomic mass is 9.93. The minimum atomic E-state index is -0.834. The van der Waals surface area contributed by atoms with E-state index in [1.165, 1.54) is 13.2 Å². The molecule has 0 aromatic carbocycles. The van der Waals surface area contributed by atoms with Crippen LogP contribution < -0.4 is 9.64 Å². The number of ether oxygens (including phenoxy) is 1. The summed E-state index contributed by atoms with van der Waals surface area (Å²) in [5, 5.41) is 20.4. The summed E-state index contributed by atoms with van der Waals surface area (Å²) in [6.45, 7) is 6.30. The average Bonchev–Trinajstić information content (AvgIpc) is 2.55. The quantitative estimate of drug-likeness (QED) is 0.595. The third-order valence-electron chi connectivity index (χ3n) is 4.16. The Labute approximate surface area is 150 Å². The van der Waals surface area contributed by atoms with E-state index in [1.807, 2.05) is 4.90 Å². The van der Waals surface area contributed by atoms with E-state index in [0.29, 0.717) is 38.5 Å². The molecule has 0 amide bonds. The van der Waals surface area contributed by atoms with Gasteiger partial charge >= 0.3 is 11.7 Å². The number of rotatable bonds is 6. The summed E-state index contributed by atoms with van der Waals surface area (Å²) in [7, 11) is 1.32. The van der Waals surface area contributed by atoms with Crippen molar-refractivity contribution in [2.45, 2.75) is 13.8 Å². The SMILES string of the molecule is COc1nc(N2CCN(CC(C)(C)C(=O)O)CC2)c(Cl)cc1[N+](=O)[O-]. The Kier molecular flexibility index (Phi) is 5.69. The zero-order valence-corrected chi connectivity index (χ0v) is 15.1. The summed E-state index contributed by atoms with van der Waals surface area (Å²) in [5.74, 6) is -0.486. The van der Waals surface area contributed by atoms with E-state index in [1.54, 1.807) is 13.8 Å². The number of carboxylic acids is 1. The van der Waals surface area contributed by atoms with E-state index < -0.39 is 16.3 Å². The Morgan fingerprint density at radius 2 is 2.04 bits per heavy atom. The van der Waals surface area contributed by atoms with Gasteiger partial charge in [-0.25, -0.2) is 0 Å². The highest BCUT2D eigenvalue weighted by atomic mass is 35.5. The molecule has 1 aliphatic heterocycles. The van der Waals surface area contributed by atoms with Crippen molar-refractivity contribution in [1.29, 1.82) is 0 Å². The first-order chi connectivity index (χ1) is 11.7. The molecule has 138 valence electrons. The van der Waals surface area contributed by atoms with Crippen molar-refractivity contribution in [3.63, 3.8) is 0 Å². The van der Waals surface area contributed by atoms with E-state index in [2.05, 4.69) is 9.88 Å². The zero-order valence-electron chi connectivity index (χ0n) is 14.4. The lowest BCUT2D eigenvalue weighted by Gasteiger charge is -2.38. The van der Waals surface area contributed by atoms with Crippen LogP contribution in [-0.4, -0.2) is 65.7 Å². The summed E-state index contributed by atoms with van der Waals surface area (Å²) < 4.78 is 4.99. The first kappa shape index (κ1) is 19.2. The third-order valence-corrected chi connectivity index (χ3v) is 4.44. The topological polar surface area (TPSA) is 109 Å². The minimum Gasteiger partial charge on any atom is -0.481 e. The van der Waals surface area contributed by atoms with Crippen molar-refractivity contribution in [3.8, 4) is 5.88 Å². The molecule has 0 saturated carbocycles. The van der Waals surface area contributed by atoms with E-state index in [-0.39, 0.29) is 16.6 Å². The number of anilines is 1. The fourth-order valence-electron chi connectivity index (χ4n) is 2.70. The second kappa shape index (κ2) is 7.40. The average molecular weight is 373 g/mol. The van der Waals surface area contributed by atoms with E-state index in [4.69, 9.17) is 16.3 Å². The van der Waals surface area contributed by atoms with Gasteiger partial charge in [0.15, 0.2) is 5.82 Å². The molecule has 10 heteroatoms. The number of halogens is 1. The number of aromatic nitrogens is 1. The monoisotopic (exact) mass is 372 g/mol. The Hall–Kier alpha value is -2.13. The van der Waals surface area contributed by atoms with Crippen LogP contribution in [0.5, 0.6) is 5.88 Å². The van der Waals surface area contributed by atoms with Crippen LogP contribution in [0.2, 0.25) is 5.02 Å². The zero-order chi connectivity index (χ0) is 18.8. The number of methoxy groups -OCH3 is 1. The predicted octanol–water partition coefficient (Wildman–Crippen LogP) is 1.88. The smallest absolute Gasteiger partial charge is 0.332 e. The van der Waals surface area contributed by atoms with Crippen molar-refractivity contribution < 1.29 is 19.6 Å². The Balaban J connectivity index is 2.10. The second-order valence-corrected chi connectivity index (χ2v) is 6.94. The van der Waals surface area contributed by atoms with Crippen molar-refractivity contribution in [2.24, 2.45) is 5.41 Å². The second-order valence-electron chi connectivity index (χ2n) is 6.53. The van der Waals surface area contributed by atoms with Crippen LogP contribution in [0.4, 0.5) is 11.5 Å². The molecule has 0 atom stereocenters. The van der Waals surface area contributed by atoms with Crippen molar-refractivity contribution in [1.82, 2.24) is 9.88 Å². The molecule has 2 heterocycles. The van der Waals surface area contributed by atoms with Gasteiger partial charge in [0.2, 0.25) is 0 Å². The van der Waals surface area contributed by atoms with Gasteiger partial charge in [-0.3, -0.25) is 19.8 Å². The summed E-state index contributed by atoms with van der Waals surface area (Å²) in [5.41, 5.74) is -1.10. The lowest BCUT2D eigenvalue weighted by molar-refractivity contribution is -0.386. The molecule has 2 rings (SSSR count). The molecule has 0 aliphatic carbocycles. The fourth-order valence-corrected chi connectivity index (χ4v) is 2.97. The van der Waals surface area contributed by atoms with Crippen molar-refractivity contribution >= 4 is 29.1 Å². The number of hydrogen-bond donors (Lipinski definition) is 1. The molecular weight excluding hydrogens is 352 g/mol. The highest BCUT2D eigenvalue weighted by Gasteiger charge is 2.32. The molecule has 1 fully saturated rings. The summed E-state index contributed by atoms with van der Waals surface area (Å²) in [4.78, 5) is 29.8. The number of carboxylic acid groups (broad SMARTS) is 1. The molecule has 25 heavy (non-hydrogen) atoms. The Morgan fingerprint density at radius 1 is 1.44 bits per heavy atom. The number of pyridine rings is 1. The number of nitro groups is 1. The van der Waals surface area contributed by atoms with Gasteiger partial charge in [0, 0.05) is 38.8 Å². The molecule has 0 radical (unpaired) electrons. The Morgan fingerprint density at radius 3 is 2.52 bits per heavy atom. The largest absolute Gasteiger partial charge is 0.481 e. The van der Waals surface area contributed by atoms with Crippen LogP contribution in [0.1, 0.15) is 13.8 Å². The van der Waals surface area contributed by atoms with Gasteiger partial charge in [-0.2, -0.15) is 4.98 Å². The van der Waals surface area contributed by atoms with Crippen LogP contribution in [0.3, 0.4) is 0 Å². The molecule has 1 aliphatic rings. The van der Waals surface area contributed by atoms with Gasteiger partial charge in [-0.05, 0) is 13.8 Å². The van der Waals surface area contributed by atoms with Gasteiger partial charge in [0.05, 0.1) is 22.5 Å². The summed E-state index contributed by atoms with van der Waals surface area (Å²) in [6.07, 6.45) is 0. The normalized spacial score (nSPS) is 15.9. The molecule has 1 N–H and O–H groups in total. The number of hydrogen-bond acceptors (Lipinski definition) is 7. The molecule has 0 bridgehead atoms. The van der Waals surface area contributed by atoms with Crippen molar-refractivity contribution in [2.75, 3.05) is 44.7 Å². The van der Waals surface area contributed by atoms with Gasteiger partial charge in [-0.15, -0.1) is 0 Å². The molecule has 0 unspecified atom stereocenters. The summed E-state index contributed by atoms with van der Waals surface area (Å²) >= 11 is 6.16. The predicted molar refractivity (Wildman–Crippen MR) is 92.5 cm³/mol. The minimum absolute atomic E-state index is 0.0844. The first-order valence-electron chi connectivity index (χ1n) is 7.75. The summed E-state index contributed by atoms with van der Waals surface area (Å²) in [6, 6.07) is 1.24. The van der Waals surface area contributed by atoms with Crippen LogP contribution in [0.25, 0.3) is 0 Å². The van der Waals surface area contributed by atoms with Crippen LogP contribution >= 0.6 is 11.6 Å². The molecule has 1 saturated heterocycles. The van der Waals surface area contributed by atoms with E-state index in [0.717, 1.165) is 0 Å². The molecule has 9 nitrogen and oxygen atoms in total. The number of carbonyl (C=O) groups is 1. The molecule has 0 spiro atoms. The van der Waals surface area contributed by atoms with Gasteiger partial charge in [0.25, 0.3) is 5.88 Å². The van der Waals surface area contributed by atoms with Gasteiger partial charge < -0.3 is 14.7 Å².